The molecule has 4 nitrogen and oxygen atoms in total. The van der Waals surface area contributed by atoms with Gasteiger partial charge < -0.3 is 15.4 Å². The molecule has 2 aromatic rings. The minimum absolute atomic E-state index is 0.0618. The predicted molar refractivity (Wildman–Crippen MR) is 40.1 cm³/mol. The summed E-state index contributed by atoms with van der Waals surface area (Å²) in [5.41, 5.74) is 5.77. The Hall–Kier alpha value is -1.71. The second-order valence-electron chi connectivity index (χ2n) is 2.22. The van der Waals surface area contributed by atoms with Crippen molar-refractivity contribution in [3.8, 4) is 5.75 Å². The van der Waals surface area contributed by atoms with Gasteiger partial charge in [0.1, 0.15) is 0 Å². The molecule has 0 fully saturated rings. The maximum atomic E-state index is 9.20. The van der Waals surface area contributed by atoms with Crippen molar-refractivity contribution in [3.05, 3.63) is 18.2 Å². The topological polar surface area (TPSA) is 72.3 Å². The van der Waals surface area contributed by atoms with Crippen molar-refractivity contribution in [2.75, 3.05) is 5.73 Å². The standard InChI is InChI=1S/C7H6N2O2/c8-7-4-2-1-3-5(10)6(4)11-9-7/h1-3,10H,(H2,8,9). The van der Waals surface area contributed by atoms with E-state index in [1.807, 2.05) is 0 Å². The van der Waals surface area contributed by atoms with Gasteiger partial charge in [-0.05, 0) is 12.1 Å². The number of para-hydroxylation sites is 1. The summed E-state index contributed by atoms with van der Waals surface area (Å²) in [6.07, 6.45) is 0. The summed E-state index contributed by atoms with van der Waals surface area (Å²) in [7, 11) is 0. The van der Waals surface area contributed by atoms with Gasteiger partial charge in [0.05, 0.1) is 5.39 Å². The number of hydrogen-bond donors (Lipinski definition) is 2. The van der Waals surface area contributed by atoms with Gasteiger partial charge in [-0.25, -0.2) is 0 Å². The molecule has 0 amide bonds. The minimum Gasteiger partial charge on any atom is -0.504 e. The molecular formula is C7H6N2O2. The van der Waals surface area contributed by atoms with Crippen molar-refractivity contribution in [2.45, 2.75) is 0 Å². The van der Waals surface area contributed by atoms with Crippen molar-refractivity contribution in [3.63, 3.8) is 0 Å². The van der Waals surface area contributed by atoms with Crippen molar-refractivity contribution in [2.24, 2.45) is 0 Å². The van der Waals surface area contributed by atoms with Crippen LogP contribution in [0.3, 0.4) is 0 Å². The molecule has 3 N–H and O–H groups in total. The van der Waals surface area contributed by atoms with E-state index >= 15 is 0 Å². The van der Waals surface area contributed by atoms with Gasteiger partial charge in [0.2, 0.25) is 5.58 Å². The molecule has 11 heavy (non-hydrogen) atoms. The number of fused-ring (bicyclic) bond motifs is 1. The van der Waals surface area contributed by atoms with Crippen LogP contribution >= 0.6 is 0 Å². The highest BCUT2D eigenvalue weighted by Gasteiger charge is 2.06. The van der Waals surface area contributed by atoms with Crippen molar-refractivity contribution < 1.29 is 9.63 Å². The lowest BCUT2D eigenvalue weighted by Crippen LogP contribution is -1.82. The highest BCUT2D eigenvalue weighted by molar-refractivity contribution is 5.90. The zero-order valence-electron chi connectivity index (χ0n) is 5.61. The van der Waals surface area contributed by atoms with Gasteiger partial charge in [-0.15, -0.1) is 0 Å². The Morgan fingerprint density at radius 3 is 3.00 bits per heavy atom. The number of anilines is 1. The second-order valence-corrected chi connectivity index (χ2v) is 2.22. The van der Waals surface area contributed by atoms with Crippen LogP contribution in [0.25, 0.3) is 11.0 Å². The lowest BCUT2D eigenvalue weighted by atomic mass is 10.2. The third-order valence-electron chi connectivity index (χ3n) is 1.51. The van der Waals surface area contributed by atoms with E-state index in [9.17, 15) is 5.11 Å². The van der Waals surface area contributed by atoms with Crippen LogP contribution in [0.5, 0.6) is 5.75 Å². The number of benzene rings is 1. The molecule has 0 aliphatic heterocycles. The molecule has 0 unspecified atom stereocenters. The third-order valence-corrected chi connectivity index (χ3v) is 1.51. The highest BCUT2D eigenvalue weighted by Crippen LogP contribution is 2.27. The van der Waals surface area contributed by atoms with E-state index in [-0.39, 0.29) is 5.75 Å². The zero-order chi connectivity index (χ0) is 7.84. The zero-order valence-corrected chi connectivity index (χ0v) is 5.61. The van der Waals surface area contributed by atoms with Crippen LogP contribution in [0.2, 0.25) is 0 Å². The fraction of sp³-hybridized carbons (Fsp3) is 0. The van der Waals surface area contributed by atoms with Gasteiger partial charge in [0, 0.05) is 0 Å². The first-order valence-corrected chi connectivity index (χ1v) is 3.12. The number of aromatic nitrogens is 1. The van der Waals surface area contributed by atoms with Crippen LogP contribution in [-0.2, 0) is 0 Å². The van der Waals surface area contributed by atoms with E-state index < -0.39 is 0 Å². The Labute approximate surface area is 62.2 Å². The lowest BCUT2D eigenvalue weighted by molar-refractivity contribution is 0.424. The summed E-state index contributed by atoms with van der Waals surface area (Å²) >= 11 is 0. The summed E-state index contributed by atoms with van der Waals surface area (Å²) in [5.74, 6) is 0.364. The lowest BCUT2D eigenvalue weighted by Gasteiger charge is -1.88. The quantitative estimate of drug-likeness (QED) is 0.590. The van der Waals surface area contributed by atoms with Crippen molar-refractivity contribution >= 4 is 16.8 Å². The molecule has 1 aromatic heterocycles. The normalized spacial score (nSPS) is 10.5. The van der Waals surface area contributed by atoms with Crippen LogP contribution in [-0.4, -0.2) is 10.3 Å². The van der Waals surface area contributed by atoms with E-state index in [2.05, 4.69) is 5.16 Å². The number of nitrogen functional groups attached to an aromatic ring is 1. The monoisotopic (exact) mass is 150 g/mol. The van der Waals surface area contributed by atoms with E-state index in [4.69, 9.17) is 10.3 Å². The molecular weight excluding hydrogens is 144 g/mol. The molecule has 0 aliphatic carbocycles. The van der Waals surface area contributed by atoms with Crippen LogP contribution < -0.4 is 5.73 Å². The van der Waals surface area contributed by atoms with E-state index in [0.717, 1.165) is 0 Å². The van der Waals surface area contributed by atoms with Gasteiger partial charge in [-0.3, -0.25) is 0 Å². The number of aromatic hydroxyl groups is 1. The molecule has 1 heterocycles. The maximum absolute atomic E-state index is 9.20. The first kappa shape index (κ1) is 6.03. The molecule has 2 rings (SSSR count). The minimum atomic E-state index is 0.0618. The molecule has 0 saturated carbocycles. The molecule has 0 saturated heterocycles. The Kier molecular flexibility index (Phi) is 1.03. The molecule has 0 atom stereocenters. The summed E-state index contributed by atoms with van der Waals surface area (Å²) in [6.45, 7) is 0. The molecule has 4 heteroatoms. The fourth-order valence-electron chi connectivity index (χ4n) is 0.966. The molecule has 0 spiro atoms. The summed E-state index contributed by atoms with van der Waals surface area (Å²) in [4.78, 5) is 0. The second kappa shape index (κ2) is 1.88. The Morgan fingerprint density at radius 2 is 2.27 bits per heavy atom. The third kappa shape index (κ3) is 0.724. The van der Waals surface area contributed by atoms with E-state index in [1.165, 1.54) is 6.07 Å². The predicted octanol–water partition coefficient (Wildman–Crippen LogP) is 1.12. The number of hydrogen-bond acceptors (Lipinski definition) is 4. The van der Waals surface area contributed by atoms with Crippen molar-refractivity contribution in [1.29, 1.82) is 0 Å². The number of nitrogens with two attached hydrogens (primary N) is 1. The smallest absolute Gasteiger partial charge is 0.210 e. The number of phenolic OH excluding ortho intramolecular Hbond substituents is 1. The molecule has 56 valence electrons. The summed E-state index contributed by atoms with van der Waals surface area (Å²) in [5, 5.41) is 13.3. The van der Waals surface area contributed by atoms with Gasteiger partial charge in [0.25, 0.3) is 0 Å². The van der Waals surface area contributed by atoms with Crippen molar-refractivity contribution in [1.82, 2.24) is 5.16 Å². The first-order valence-electron chi connectivity index (χ1n) is 3.12. The summed E-state index contributed by atoms with van der Waals surface area (Å²) < 4.78 is 4.75. The van der Waals surface area contributed by atoms with Crippen LogP contribution in [0, 0.1) is 0 Å². The van der Waals surface area contributed by atoms with Gasteiger partial charge >= 0.3 is 0 Å². The number of phenols is 1. The van der Waals surface area contributed by atoms with Crippen LogP contribution in [0.4, 0.5) is 5.82 Å². The van der Waals surface area contributed by atoms with Gasteiger partial charge in [-0.2, -0.15) is 0 Å². The molecule has 1 aromatic carbocycles. The largest absolute Gasteiger partial charge is 0.504 e. The molecule has 0 aliphatic rings. The average Bonchev–Trinajstić information content (AvgIpc) is 2.35. The number of rotatable bonds is 0. The molecule has 0 radical (unpaired) electrons. The SMILES string of the molecule is Nc1noc2c(O)cccc12. The van der Waals surface area contributed by atoms with E-state index in [0.29, 0.717) is 16.8 Å². The highest BCUT2D eigenvalue weighted by atomic mass is 16.5. The average molecular weight is 150 g/mol. The Morgan fingerprint density at radius 1 is 1.45 bits per heavy atom. The maximum Gasteiger partial charge on any atom is 0.210 e. The van der Waals surface area contributed by atoms with Gasteiger partial charge in [-0.1, -0.05) is 11.2 Å². The first-order chi connectivity index (χ1) is 5.29. The number of nitrogens with zero attached hydrogens (tertiary/aromatic N) is 1. The van der Waals surface area contributed by atoms with Crippen LogP contribution in [0.15, 0.2) is 22.7 Å². The fourth-order valence-corrected chi connectivity index (χ4v) is 0.966. The van der Waals surface area contributed by atoms with E-state index in [1.54, 1.807) is 12.1 Å². The summed E-state index contributed by atoms with van der Waals surface area (Å²) in [6, 6.07) is 4.94. The van der Waals surface area contributed by atoms with Gasteiger partial charge in [0.15, 0.2) is 11.6 Å². The Balaban J connectivity index is 2.94. The van der Waals surface area contributed by atoms with Crippen LogP contribution in [0.1, 0.15) is 0 Å². The molecule has 0 bridgehead atoms. The Bertz CT molecular complexity index is 394.